The van der Waals surface area contributed by atoms with Gasteiger partial charge >= 0.3 is 0 Å². The molecule has 0 unspecified atom stereocenters. The summed E-state index contributed by atoms with van der Waals surface area (Å²) < 4.78 is 36.0. The summed E-state index contributed by atoms with van der Waals surface area (Å²) in [7, 11) is -3.94. The van der Waals surface area contributed by atoms with E-state index in [9.17, 15) is 13.2 Å². The average molecular weight is 348 g/mol. The van der Waals surface area contributed by atoms with E-state index >= 15 is 0 Å². The number of carbonyl (C=O) groups is 1. The lowest BCUT2D eigenvalue weighted by molar-refractivity contribution is -0.119. The van der Waals surface area contributed by atoms with Crippen LogP contribution in [0.25, 0.3) is 11.6 Å². The van der Waals surface area contributed by atoms with Gasteiger partial charge in [-0.15, -0.1) is 0 Å². The van der Waals surface area contributed by atoms with Crippen molar-refractivity contribution < 1.29 is 22.2 Å². The molecule has 0 fully saturated rings. The normalized spacial score (nSPS) is 11.3. The second kappa shape index (κ2) is 6.62. The molecule has 3 aromatic rings. The summed E-state index contributed by atoms with van der Waals surface area (Å²) in [6.07, 6.45) is 4.04. The third-order valence-electron chi connectivity index (χ3n) is 2.97. The lowest BCUT2D eigenvalue weighted by Gasteiger charge is -2.05. The molecule has 0 saturated carbocycles. The third-order valence-corrected chi connectivity index (χ3v) is 4.33. The zero-order chi connectivity index (χ0) is 17.0. The number of hydrogen-bond acceptors (Lipinski definition) is 8. The van der Waals surface area contributed by atoms with Crippen molar-refractivity contribution in [1.82, 2.24) is 19.8 Å². The fourth-order valence-corrected chi connectivity index (χ4v) is 2.83. The quantitative estimate of drug-likeness (QED) is 0.703. The molecular formula is C14H12N4O5S. The van der Waals surface area contributed by atoms with Crippen molar-refractivity contribution in [3.05, 3.63) is 48.8 Å². The molecule has 3 aromatic heterocycles. The van der Waals surface area contributed by atoms with Crippen LogP contribution in [0.2, 0.25) is 0 Å². The van der Waals surface area contributed by atoms with Gasteiger partial charge in [0, 0.05) is 25.2 Å². The van der Waals surface area contributed by atoms with Crippen molar-refractivity contribution in [3.63, 3.8) is 0 Å². The molecule has 3 heterocycles. The second-order valence-electron chi connectivity index (χ2n) is 4.71. The Morgan fingerprint density at radius 1 is 1.25 bits per heavy atom. The number of amides is 1. The van der Waals surface area contributed by atoms with Crippen LogP contribution in [-0.4, -0.2) is 29.4 Å². The van der Waals surface area contributed by atoms with Gasteiger partial charge in [0.1, 0.15) is 4.90 Å². The molecule has 1 amide bonds. The SMILES string of the molecule is O=C(CCc1nc(-c2ccco2)no1)NS(=O)(=O)c1cccnc1. The Kier molecular flexibility index (Phi) is 4.38. The number of sulfonamides is 1. The van der Waals surface area contributed by atoms with Crippen molar-refractivity contribution in [2.75, 3.05) is 0 Å². The topological polar surface area (TPSA) is 128 Å². The molecule has 1 N–H and O–H groups in total. The van der Waals surface area contributed by atoms with Crippen LogP contribution in [0.4, 0.5) is 0 Å². The van der Waals surface area contributed by atoms with Crippen LogP contribution in [0.1, 0.15) is 12.3 Å². The summed E-state index contributed by atoms with van der Waals surface area (Å²) in [5, 5.41) is 3.72. The van der Waals surface area contributed by atoms with Gasteiger partial charge in [0.05, 0.1) is 6.26 Å². The number of nitrogens with zero attached hydrogens (tertiary/aromatic N) is 3. The van der Waals surface area contributed by atoms with Gasteiger partial charge in [-0.25, -0.2) is 13.1 Å². The zero-order valence-corrected chi connectivity index (χ0v) is 13.1. The average Bonchev–Trinajstić information content (AvgIpc) is 3.25. The third kappa shape index (κ3) is 3.66. The van der Waals surface area contributed by atoms with Gasteiger partial charge in [-0.05, 0) is 24.3 Å². The summed E-state index contributed by atoms with van der Waals surface area (Å²) in [4.78, 5) is 19.5. The van der Waals surface area contributed by atoms with Gasteiger partial charge in [0.2, 0.25) is 17.6 Å². The number of aromatic nitrogens is 3. The highest BCUT2D eigenvalue weighted by Gasteiger charge is 2.18. The number of rotatable bonds is 6. The van der Waals surface area contributed by atoms with E-state index in [1.54, 1.807) is 12.1 Å². The van der Waals surface area contributed by atoms with Crippen LogP contribution in [0.5, 0.6) is 0 Å². The van der Waals surface area contributed by atoms with Gasteiger partial charge in [0.25, 0.3) is 10.0 Å². The van der Waals surface area contributed by atoms with Gasteiger partial charge in [-0.1, -0.05) is 5.16 Å². The first-order valence-corrected chi connectivity index (χ1v) is 8.35. The molecule has 0 spiro atoms. The van der Waals surface area contributed by atoms with E-state index in [0.29, 0.717) is 5.76 Å². The minimum absolute atomic E-state index is 0.0868. The summed E-state index contributed by atoms with van der Waals surface area (Å²) in [5.41, 5.74) is 0. The maximum absolute atomic E-state index is 12.0. The molecule has 124 valence electrons. The van der Waals surface area contributed by atoms with Gasteiger partial charge in [0.15, 0.2) is 5.76 Å². The number of carbonyl (C=O) groups excluding carboxylic acids is 1. The van der Waals surface area contributed by atoms with Crippen LogP contribution >= 0.6 is 0 Å². The van der Waals surface area contributed by atoms with Crippen molar-refractivity contribution >= 4 is 15.9 Å². The van der Waals surface area contributed by atoms with Crippen molar-refractivity contribution in [3.8, 4) is 11.6 Å². The molecule has 3 rings (SSSR count). The zero-order valence-electron chi connectivity index (χ0n) is 12.2. The molecule has 9 nitrogen and oxygen atoms in total. The standard InChI is InChI=1S/C14H12N4O5S/c19-12(18-24(20,21)10-3-1-7-15-9-10)5-6-13-16-14(17-23-13)11-4-2-8-22-11/h1-4,7-9H,5-6H2,(H,18,19). The molecule has 10 heteroatoms. The maximum Gasteiger partial charge on any atom is 0.265 e. The van der Waals surface area contributed by atoms with Gasteiger partial charge in [-0.3, -0.25) is 9.78 Å². The first-order valence-electron chi connectivity index (χ1n) is 6.87. The van der Waals surface area contributed by atoms with Crippen LogP contribution in [0.15, 0.2) is 56.8 Å². The Balaban J connectivity index is 1.58. The predicted octanol–water partition coefficient (Wildman–Crippen LogP) is 1.16. The maximum atomic E-state index is 12.0. The van der Waals surface area contributed by atoms with Crippen LogP contribution in [0, 0.1) is 0 Å². The molecule has 0 aromatic carbocycles. The van der Waals surface area contributed by atoms with E-state index in [2.05, 4.69) is 15.1 Å². The fourth-order valence-electron chi connectivity index (χ4n) is 1.85. The number of hydrogen-bond donors (Lipinski definition) is 1. The van der Waals surface area contributed by atoms with Crippen LogP contribution in [-0.2, 0) is 21.2 Å². The number of nitrogens with one attached hydrogen (secondary N) is 1. The molecular weight excluding hydrogens is 336 g/mol. The molecule has 0 aliphatic carbocycles. The summed E-state index contributed by atoms with van der Waals surface area (Å²) in [5.74, 6) is 0.221. The van der Waals surface area contributed by atoms with Gasteiger partial charge < -0.3 is 8.94 Å². The lowest BCUT2D eigenvalue weighted by atomic mass is 10.3. The predicted molar refractivity (Wildman–Crippen MR) is 79.9 cm³/mol. The molecule has 0 bridgehead atoms. The highest BCUT2D eigenvalue weighted by Crippen LogP contribution is 2.16. The molecule has 0 aliphatic rings. The Labute approximate surface area is 136 Å². The van der Waals surface area contributed by atoms with E-state index < -0.39 is 15.9 Å². The Morgan fingerprint density at radius 2 is 2.12 bits per heavy atom. The lowest BCUT2D eigenvalue weighted by Crippen LogP contribution is -2.30. The van der Waals surface area contributed by atoms with Crippen LogP contribution in [0.3, 0.4) is 0 Å². The first-order chi connectivity index (χ1) is 11.5. The fraction of sp³-hybridized carbons (Fsp3) is 0.143. The highest BCUT2D eigenvalue weighted by molar-refractivity contribution is 7.90. The van der Waals surface area contributed by atoms with E-state index in [4.69, 9.17) is 8.94 Å². The number of furan rings is 1. The minimum Gasteiger partial charge on any atom is -0.461 e. The Hall–Kier alpha value is -3.01. The smallest absolute Gasteiger partial charge is 0.265 e. The van der Waals surface area contributed by atoms with E-state index in [0.717, 1.165) is 6.20 Å². The summed E-state index contributed by atoms with van der Waals surface area (Å²) in [6.45, 7) is 0. The van der Waals surface area contributed by atoms with Crippen molar-refractivity contribution in [2.24, 2.45) is 0 Å². The van der Waals surface area contributed by atoms with E-state index in [1.807, 2.05) is 4.72 Å². The largest absolute Gasteiger partial charge is 0.461 e. The van der Waals surface area contributed by atoms with Gasteiger partial charge in [-0.2, -0.15) is 4.98 Å². The van der Waals surface area contributed by atoms with Crippen molar-refractivity contribution in [2.45, 2.75) is 17.7 Å². The molecule has 0 saturated heterocycles. The molecule has 0 radical (unpaired) electrons. The van der Waals surface area contributed by atoms with Crippen LogP contribution < -0.4 is 4.72 Å². The van der Waals surface area contributed by atoms with Crippen molar-refractivity contribution in [1.29, 1.82) is 0 Å². The molecule has 0 aliphatic heterocycles. The summed E-state index contributed by atoms with van der Waals surface area (Å²) in [6, 6.07) is 6.16. The number of pyridine rings is 1. The molecule has 24 heavy (non-hydrogen) atoms. The Morgan fingerprint density at radius 3 is 2.83 bits per heavy atom. The highest BCUT2D eigenvalue weighted by atomic mass is 32.2. The summed E-state index contributed by atoms with van der Waals surface area (Å²) >= 11 is 0. The number of aryl methyl sites for hydroxylation is 1. The first kappa shape index (κ1) is 15.9. The monoisotopic (exact) mass is 348 g/mol. The van der Waals surface area contributed by atoms with E-state index in [1.165, 1.54) is 24.6 Å². The second-order valence-corrected chi connectivity index (χ2v) is 6.39. The van der Waals surface area contributed by atoms with E-state index in [-0.39, 0.29) is 29.5 Å². The minimum atomic E-state index is -3.94. The molecule has 0 atom stereocenters. The Bertz CT molecular complexity index is 919.